The number of nitrogens with one attached hydrogen (secondary N) is 1. The van der Waals surface area contributed by atoms with Crippen molar-refractivity contribution >= 4 is 11.8 Å². The van der Waals surface area contributed by atoms with Crippen LogP contribution in [-0.4, -0.2) is 31.6 Å². The van der Waals surface area contributed by atoms with Crippen LogP contribution in [0.3, 0.4) is 0 Å². The molecule has 0 bridgehead atoms. The smallest absolute Gasteiger partial charge is 0.409 e. The zero-order chi connectivity index (χ0) is 14.7. The lowest BCUT2D eigenvalue weighted by Gasteiger charge is -2.15. The number of benzene rings is 1. The van der Waals surface area contributed by atoms with Crippen LogP contribution in [0.4, 0.5) is 10.5 Å². The number of hydrogen-bond acceptors (Lipinski definition) is 3. The van der Waals surface area contributed by atoms with Gasteiger partial charge in [-0.25, -0.2) is 4.79 Å². The Balaban J connectivity index is 0.00000154. The second kappa shape index (κ2) is 10.2. The standard InChI is InChI=1S/C13H20N2O2.C2H6/c1-4-9-15(3)13(16)17-10-11-5-7-12(14-2)8-6-11;1-2/h5-8,14H,4,9-10H2,1-3H3;1-2H3. The van der Waals surface area contributed by atoms with Crippen LogP contribution in [0.1, 0.15) is 32.8 Å². The normalized spacial score (nSPS) is 9.11. The molecule has 0 heterocycles. The van der Waals surface area contributed by atoms with Gasteiger partial charge in [0.15, 0.2) is 0 Å². The van der Waals surface area contributed by atoms with E-state index >= 15 is 0 Å². The minimum absolute atomic E-state index is 0.274. The number of nitrogens with zero attached hydrogens (tertiary/aromatic N) is 1. The zero-order valence-electron chi connectivity index (χ0n) is 12.7. The molecule has 0 unspecified atom stereocenters. The van der Waals surface area contributed by atoms with Gasteiger partial charge in [0.25, 0.3) is 0 Å². The molecule has 0 spiro atoms. The van der Waals surface area contributed by atoms with Crippen LogP contribution in [0.15, 0.2) is 24.3 Å². The van der Waals surface area contributed by atoms with Crippen molar-refractivity contribution in [3.8, 4) is 0 Å². The summed E-state index contributed by atoms with van der Waals surface area (Å²) in [5, 5.41) is 3.04. The second-order valence-electron chi connectivity index (χ2n) is 3.92. The van der Waals surface area contributed by atoms with Gasteiger partial charge < -0.3 is 15.0 Å². The summed E-state index contributed by atoms with van der Waals surface area (Å²) >= 11 is 0. The fourth-order valence-electron chi connectivity index (χ4n) is 1.45. The second-order valence-corrected chi connectivity index (χ2v) is 3.92. The van der Waals surface area contributed by atoms with Gasteiger partial charge >= 0.3 is 6.09 Å². The highest BCUT2D eigenvalue weighted by atomic mass is 16.6. The number of anilines is 1. The molecule has 19 heavy (non-hydrogen) atoms. The molecule has 4 heteroatoms. The fraction of sp³-hybridized carbons (Fsp3) is 0.533. The molecular weight excluding hydrogens is 240 g/mol. The molecular formula is C15H26N2O2. The third-order valence-corrected chi connectivity index (χ3v) is 2.48. The Labute approximate surface area is 116 Å². The average Bonchev–Trinajstić information content (AvgIpc) is 2.47. The van der Waals surface area contributed by atoms with E-state index in [-0.39, 0.29) is 6.09 Å². The first-order chi connectivity index (χ1) is 9.17. The molecule has 1 N–H and O–H groups in total. The number of ether oxygens (including phenoxy) is 1. The lowest BCUT2D eigenvalue weighted by Crippen LogP contribution is -2.27. The summed E-state index contributed by atoms with van der Waals surface area (Å²) in [6, 6.07) is 7.80. The van der Waals surface area contributed by atoms with Crippen LogP contribution >= 0.6 is 0 Å². The van der Waals surface area contributed by atoms with Crippen LogP contribution in [0, 0.1) is 0 Å². The van der Waals surface area contributed by atoms with Gasteiger partial charge in [-0.15, -0.1) is 0 Å². The van der Waals surface area contributed by atoms with E-state index in [4.69, 9.17) is 4.74 Å². The van der Waals surface area contributed by atoms with Gasteiger partial charge in [0.1, 0.15) is 6.61 Å². The quantitative estimate of drug-likeness (QED) is 0.883. The molecule has 1 amide bonds. The van der Waals surface area contributed by atoms with Crippen molar-refractivity contribution in [1.29, 1.82) is 0 Å². The van der Waals surface area contributed by atoms with Crippen LogP contribution in [-0.2, 0) is 11.3 Å². The summed E-state index contributed by atoms with van der Waals surface area (Å²) in [6.45, 7) is 7.06. The monoisotopic (exact) mass is 266 g/mol. The van der Waals surface area contributed by atoms with Crippen LogP contribution in [0.5, 0.6) is 0 Å². The summed E-state index contributed by atoms with van der Waals surface area (Å²) in [7, 11) is 3.62. The molecule has 0 aromatic heterocycles. The van der Waals surface area contributed by atoms with E-state index < -0.39 is 0 Å². The molecule has 0 saturated heterocycles. The Bertz CT molecular complexity index is 350. The van der Waals surface area contributed by atoms with Crippen molar-refractivity contribution in [2.45, 2.75) is 33.8 Å². The largest absolute Gasteiger partial charge is 0.445 e. The maximum atomic E-state index is 11.5. The highest BCUT2D eigenvalue weighted by molar-refractivity contribution is 5.67. The molecule has 0 aliphatic heterocycles. The highest BCUT2D eigenvalue weighted by Gasteiger charge is 2.08. The minimum Gasteiger partial charge on any atom is -0.445 e. The molecule has 1 aromatic carbocycles. The van der Waals surface area contributed by atoms with Gasteiger partial charge in [0.05, 0.1) is 0 Å². The van der Waals surface area contributed by atoms with E-state index in [0.717, 1.165) is 24.2 Å². The molecule has 1 rings (SSSR count). The zero-order valence-corrected chi connectivity index (χ0v) is 12.7. The highest BCUT2D eigenvalue weighted by Crippen LogP contribution is 2.09. The number of carbonyl (C=O) groups is 1. The van der Waals surface area contributed by atoms with Crippen molar-refractivity contribution in [3.63, 3.8) is 0 Å². The van der Waals surface area contributed by atoms with E-state index in [1.54, 1.807) is 11.9 Å². The predicted octanol–water partition coefficient (Wildman–Crippen LogP) is 3.73. The van der Waals surface area contributed by atoms with Crippen molar-refractivity contribution in [2.75, 3.05) is 26.0 Å². The summed E-state index contributed by atoms with van der Waals surface area (Å²) in [5.74, 6) is 0. The first-order valence-corrected chi connectivity index (χ1v) is 6.82. The lowest BCUT2D eigenvalue weighted by atomic mass is 10.2. The van der Waals surface area contributed by atoms with Crippen molar-refractivity contribution in [2.24, 2.45) is 0 Å². The molecule has 0 aliphatic carbocycles. The van der Waals surface area contributed by atoms with Crippen molar-refractivity contribution in [1.82, 2.24) is 4.90 Å². The van der Waals surface area contributed by atoms with Gasteiger partial charge in [-0.3, -0.25) is 0 Å². The van der Waals surface area contributed by atoms with Crippen molar-refractivity contribution in [3.05, 3.63) is 29.8 Å². The summed E-state index contributed by atoms with van der Waals surface area (Å²) in [4.78, 5) is 13.1. The molecule has 0 fully saturated rings. The van der Waals surface area contributed by atoms with Gasteiger partial charge in [-0.05, 0) is 24.1 Å². The number of carbonyl (C=O) groups excluding carboxylic acids is 1. The maximum Gasteiger partial charge on any atom is 0.409 e. The third-order valence-electron chi connectivity index (χ3n) is 2.48. The predicted molar refractivity (Wildman–Crippen MR) is 80.4 cm³/mol. The van der Waals surface area contributed by atoms with E-state index in [1.807, 2.05) is 52.1 Å². The van der Waals surface area contributed by atoms with Crippen molar-refractivity contribution < 1.29 is 9.53 Å². The van der Waals surface area contributed by atoms with Gasteiger partial charge in [-0.1, -0.05) is 32.9 Å². The van der Waals surface area contributed by atoms with E-state index in [9.17, 15) is 4.79 Å². The van der Waals surface area contributed by atoms with Crippen LogP contribution in [0.2, 0.25) is 0 Å². The average molecular weight is 266 g/mol. The minimum atomic E-state index is -0.274. The molecule has 0 atom stereocenters. The fourth-order valence-corrected chi connectivity index (χ4v) is 1.45. The Hall–Kier alpha value is -1.71. The summed E-state index contributed by atoms with van der Waals surface area (Å²) in [5.41, 5.74) is 2.03. The Morgan fingerprint density at radius 2 is 1.84 bits per heavy atom. The van der Waals surface area contributed by atoms with Crippen LogP contribution < -0.4 is 5.32 Å². The Morgan fingerprint density at radius 3 is 2.32 bits per heavy atom. The first-order valence-electron chi connectivity index (χ1n) is 6.82. The van der Waals surface area contributed by atoms with Gasteiger partial charge in [0, 0.05) is 26.3 Å². The lowest BCUT2D eigenvalue weighted by molar-refractivity contribution is 0.105. The summed E-state index contributed by atoms with van der Waals surface area (Å²) in [6.07, 6.45) is 0.659. The van der Waals surface area contributed by atoms with E-state index in [0.29, 0.717) is 6.61 Å². The number of hydrogen-bond donors (Lipinski definition) is 1. The Morgan fingerprint density at radius 1 is 1.26 bits per heavy atom. The molecule has 0 aliphatic rings. The Kier molecular flexibility index (Phi) is 9.31. The number of rotatable bonds is 5. The van der Waals surface area contributed by atoms with E-state index in [2.05, 4.69) is 5.32 Å². The third kappa shape index (κ3) is 6.70. The topological polar surface area (TPSA) is 41.6 Å². The number of amides is 1. The van der Waals surface area contributed by atoms with Gasteiger partial charge in [0.2, 0.25) is 0 Å². The summed E-state index contributed by atoms with van der Waals surface area (Å²) < 4.78 is 5.18. The van der Waals surface area contributed by atoms with E-state index in [1.165, 1.54) is 0 Å². The first kappa shape index (κ1) is 17.3. The molecule has 108 valence electrons. The molecule has 0 saturated carbocycles. The van der Waals surface area contributed by atoms with Crippen LogP contribution in [0.25, 0.3) is 0 Å². The molecule has 4 nitrogen and oxygen atoms in total. The molecule has 1 aromatic rings. The SMILES string of the molecule is CC.CCCN(C)C(=O)OCc1ccc(NC)cc1. The maximum absolute atomic E-state index is 11.5. The van der Waals surface area contributed by atoms with Gasteiger partial charge in [-0.2, -0.15) is 0 Å². The molecule has 0 radical (unpaired) electrons.